The molecule has 30 heavy (non-hydrogen) atoms. The molecule has 0 unspecified atom stereocenters. The van der Waals surface area contributed by atoms with Crippen LogP contribution >= 0.6 is 0 Å². The molecule has 1 aromatic heterocycles. The Balaban J connectivity index is 1.52. The minimum absolute atomic E-state index is 0.438. The van der Waals surface area contributed by atoms with Gasteiger partial charge in [-0.15, -0.1) is 0 Å². The monoisotopic (exact) mass is 406 g/mol. The first-order valence-corrected chi connectivity index (χ1v) is 10.2. The molecule has 0 atom stereocenters. The van der Waals surface area contributed by atoms with Gasteiger partial charge in [0.2, 0.25) is 0 Å². The number of Topliss-reactive ketones (excluding diaryl/α,β-unsaturated/α-hetero) is 1. The minimum Gasteiger partial charge on any atom is -0.492 e. The van der Waals surface area contributed by atoms with Crippen LogP contribution in [0.25, 0.3) is 10.9 Å². The van der Waals surface area contributed by atoms with Crippen LogP contribution in [0.1, 0.15) is 21.5 Å². The van der Waals surface area contributed by atoms with Crippen molar-refractivity contribution in [1.29, 1.82) is 0 Å². The summed E-state index contributed by atoms with van der Waals surface area (Å²) in [7, 11) is 0. The van der Waals surface area contributed by atoms with Crippen molar-refractivity contribution in [3.05, 3.63) is 65.4 Å². The summed E-state index contributed by atoms with van der Waals surface area (Å²) in [4.78, 5) is 27.2. The first-order chi connectivity index (χ1) is 14.5. The Morgan fingerprint density at radius 2 is 1.80 bits per heavy atom. The topological polar surface area (TPSA) is 60.8 Å². The van der Waals surface area contributed by atoms with E-state index in [1.165, 1.54) is 11.1 Å². The number of nitrogens with zero attached hydrogens (tertiary/aromatic N) is 2. The van der Waals surface area contributed by atoms with Gasteiger partial charge in [0.1, 0.15) is 12.4 Å². The van der Waals surface area contributed by atoms with Crippen molar-refractivity contribution in [1.82, 2.24) is 9.47 Å². The number of aryl methyl sites for hydroxylation is 2. The maximum Gasteiger partial charge on any atom is 0.295 e. The predicted molar refractivity (Wildman–Crippen MR) is 115 cm³/mol. The molecule has 3 aromatic rings. The van der Waals surface area contributed by atoms with Gasteiger partial charge >= 0.3 is 0 Å². The third-order valence-electron chi connectivity index (χ3n) is 5.61. The summed E-state index contributed by atoms with van der Waals surface area (Å²) in [6, 6.07) is 13.7. The van der Waals surface area contributed by atoms with Crippen molar-refractivity contribution < 1.29 is 19.1 Å². The molecule has 1 aliphatic heterocycles. The number of rotatable bonds is 6. The van der Waals surface area contributed by atoms with Gasteiger partial charge in [-0.3, -0.25) is 9.59 Å². The molecule has 6 heteroatoms. The Labute approximate surface area is 176 Å². The summed E-state index contributed by atoms with van der Waals surface area (Å²) in [5, 5.41) is 0.787. The Kier molecular flexibility index (Phi) is 5.86. The molecule has 1 aliphatic rings. The number of ether oxygens (including phenoxy) is 2. The van der Waals surface area contributed by atoms with E-state index in [9.17, 15) is 9.59 Å². The summed E-state index contributed by atoms with van der Waals surface area (Å²) in [5.74, 6) is -0.108. The SMILES string of the molecule is Cc1ccc(OCCn2cc(C(=O)C(=O)N3CCOCC3)c3ccccc32)cc1C. The molecule has 6 nitrogen and oxygen atoms in total. The molecule has 1 fully saturated rings. The van der Waals surface area contributed by atoms with Crippen LogP contribution in [0.4, 0.5) is 0 Å². The molecule has 0 saturated carbocycles. The van der Waals surface area contributed by atoms with Crippen LogP contribution in [0.15, 0.2) is 48.7 Å². The quantitative estimate of drug-likeness (QED) is 0.465. The summed E-state index contributed by atoms with van der Waals surface area (Å²) in [6.07, 6.45) is 1.77. The van der Waals surface area contributed by atoms with Gasteiger partial charge in [0.05, 0.1) is 25.3 Å². The lowest BCUT2D eigenvalue weighted by atomic mass is 10.1. The van der Waals surface area contributed by atoms with E-state index in [4.69, 9.17) is 9.47 Å². The normalized spacial score (nSPS) is 14.1. The highest BCUT2D eigenvalue weighted by atomic mass is 16.5. The van der Waals surface area contributed by atoms with E-state index in [0.29, 0.717) is 45.0 Å². The van der Waals surface area contributed by atoms with Gasteiger partial charge in [0.15, 0.2) is 0 Å². The highest BCUT2D eigenvalue weighted by Gasteiger charge is 2.27. The van der Waals surface area contributed by atoms with Gasteiger partial charge in [-0.2, -0.15) is 0 Å². The largest absolute Gasteiger partial charge is 0.492 e. The number of benzene rings is 2. The summed E-state index contributed by atoms with van der Waals surface area (Å²) < 4.78 is 13.2. The number of aromatic nitrogens is 1. The van der Waals surface area contributed by atoms with Crippen LogP contribution in [0.3, 0.4) is 0 Å². The molecule has 0 aliphatic carbocycles. The highest BCUT2D eigenvalue weighted by molar-refractivity contribution is 6.44. The molecule has 156 valence electrons. The second kappa shape index (κ2) is 8.71. The molecule has 0 radical (unpaired) electrons. The number of carbonyl (C=O) groups is 2. The van der Waals surface area contributed by atoms with Gasteiger partial charge in [-0.1, -0.05) is 24.3 Å². The fraction of sp³-hybridized carbons (Fsp3) is 0.333. The summed E-state index contributed by atoms with van der Waals surface area (Å²) in [5.41, 5.74) is 3.77. The smallest absolute Gasteiger partial charge is 0.295 e. The lowest BCUT2D eigenvalue weighted by molar-refractivity contribution is -0.130. The lowest BCUT2D eigenvalue weighted by Crippen LogP contribution is -2.44. The van der Waals surface area contributed by atoms with Gasteiger partial charge in [-0.05, 0) is 43.2 Å². The van der Waals surface area contributed by atoms with Crippen molar-refractivity contribution in [2.45, 2.75) is 20.4 Å². The average Bonchev–Trinajstić information content (AvgIpc) is 3.14. The average molecular weight is 406 g/mol. The molecular formula is C24H26N2O4. The third-order valence-corrected chi connectivity index (χ3v) is 5.61. The third kappa shape index (κ3) is 4.09. The van der Waals surface area contributed by atoms with Crippen LogP contribution in [-0.4, -0.2) is 54.1 Å². The number of ketones is 1. The fourth-order valence-electron chi connectivity index (χ4n) is 3.70. The van der Waals surface area contributed by atoms with E-state index in [-0.39, 0.29) is 0 Å². The lowest BCUT2D eigenvalue weighted by Gasteiger charge is -2.25. The van der Waals surface area contributed by atoms with Crippen LogP contribution in [0.2, 0.25) is 0 Å². The molecule has 4 rings (SSSR count). The van der Waals surface area contributed by atoms with Crippen molar-refractivity contribution in [2.24, 2.45) is 0 Å². The van der Waals surface area contributed by atoms with Crippen molar-refractivity contribution in [3.8, 4) is 5.75 Å². The van der Waals surface area contributed by atoms with Gasteiger partial charge in [0, 0.05) is 30.2 Å². The first-order valence-electron chi connectivity index (χ1n) is 10.2. The Morgan fingerprint density at radius 1 is 1.03 bits per heavy atom. The second-order valence-electron chi connectivity index (χ2n) is 7.58. The molecule has 0 spiro atoms. The first kappa shape index (κ1) is 20.2. The number of hydrogen-bond donors (Lipinski definition) is 0. The molecule has 2 aromatic carbocycles. The summed E-state index contributed by atoms with van der Waals surface area (Å²) >= 11 is 0. The van der Waals surface area contributed by atoms with Gasteiger partial charge in [-0.25, -0.2) is 0 Å². The maximum absolute atomic E-state index is 13.0. The number of hydrogen-bond acceptors (Lipinski definition) is 4. The van der Waals surface area contributed by atoms with E-state index in [2.05, 4.69) is 13.8 Å². The zero-order valence-corrected chi connectivity index (χ0v) is 17.4. The van der Waals surface area contributed by atoms with Crippen LogP contribution in [0.5, 0.6) is 5.75 Å². The van der Waals surface area contributed by atoms with Crippen LogP contribution in [-0.2, 0) is 16.1 Å². The Morgan fingerprint density at radius 3 is 2.57 bits per heavy atom. The molecule has 0 bridgehead atoms. The Hall–Kier alpha value is -3.12. The number of para-hydroxylation sites is 1. The Bertz CT molecular complexity index is 1080. The summed E-state index contributed by atoms with van der Waals surface area (Å²) in [6.45, 7) is 7.01. The van der Waals surface area contributed by atoms with Gasteiger partial charge < -0.3 is 18.9 Å². The standard InChI is InChI=1S/C24H26N2O4/c1-17-7-8-19(15-18(17)2)30-14-11-26-16-21(20-5-3-4-6-22(20)26)23(27)24(28)25-9-12-29-13-10-25/h3-8,15-16H,9-14H2,1-2H3. The molecule has 0 N–H and O–H groups in total. The van der Waals surface area contributed by atoms with E-state index in [1.807, 2.05) is 47.0 Å². The highest BCUT2D eigenvalue weighted by Crippen LogP contribution is 2.23. The number of carbonyl (C=O) groups excluding carboxylic acids is 2. The van der Waals surface area contributed by atoms with Gasteiger partial charge in [0.25, 0.3) is 11.7 Å². The minimum atomic E-state index is -0.470. The van der Waals surface area contributed by atoms with E-state index >= 15 is 0 Å². The molecule has 1 amide bonds. The van der Waals surface area contributed by atoms with Crippen LogP contribution in [0, 0.1) is 13.8 Å². The predicted octanol–water partition coefficient (Wildman–Crippen LogP) is 3.38. The molecule has 2 heterocycles. The zero-order valence-electron chi connectivity index (χ0n) is 17.4. The van der Waals surface area contributed by atoms with Crippen molar-refractivity contribution in [3.63, 3.8) is 0 Å². The number of fused-ring (bicyclic) bond motifs is 1. The van der Waals surface area contributed by atoms with E-state index in [0.717, 1.165) is 16.7 Å². The maximum atomic E-state index is 13.0. The molecule has 1 saturated heterocycles. The zero-order chi connectivity index (χ0) is 21.1. The second-order valence-corrected chi connectivity index (χ2v) is 7.58. The van der Waals surface area contributed by atoms with Crippen molar-refractivity contribution in [2.75, 3.05) is 32.9 Å². The van der Waals surface area contributed by atoms with Crippen molar-refractivity contribution >= 4 is 22.6 Å². The van der Waals surface area contributed by atoms with E-state index < -0.39 is 11.7 Å². The molecular weight excluding hydrogens is 380 g/mol. The number of morpholine rings is 1. The van der Waals surface area contributed by atoms with E-state index in [1.54, 1.807) is 11.1 Å². The fourth-order valence-corrected chi connectivity index (χ4v) is 3.70. The number of amides is 1. The van der Waals surface area contributed by atoms with Crippen LogP contribution < -0.4 is 4.74 Å².